The molecule has 0 amide bonds. The Labute approximate surface area is 94.8 Å². The van der Waals surface area contributed by atoms with E-state index in [-0.39, 0.29) is 0 Å². The molecule has 0 heterocycles. The summed E-state index contributed by atoms with van der Waals surface area (Å²) in [5.41, 5.74) is -2.11. The van der Waals surface area contributed by atoms with E-state index in [1.807, 2.05) is 0 Å². The average molecular weight is 245 g/mol. The molecule has 5 nitrogen and oxygen atoms in total. The summed E-state index contributed by atoms with van der Waals surface area (Å²) in [5, 5.41) is 19.4. The Morgan fingerprint density at radius 3 is 2.53 bits per heavy atom. The van der Waals surface area contributed by atoms with Crippen LogP contribution < -0.4 is 0 Å². The first-order chi connectivity index (χ1) is 7.88. The third kappa shape index (κ3) is 2.62. The van der Waals surface area contributed by atoms with Gasteiger partial charge in [-0.1, -0.05) is 0 Å². The van der Waals surface area contributed by atoms with E-state index in [1.54, 1.807) is 0 Å². The first-order valence-corrected chi connectivity index (χ1v) is 4.63. The molecule has 0 aromatic heterocycles. The van der Waals surface area contributed by atoms with Gasteiger partial charge in [-0.2, -0.15) is 4.39 Å². The number of halogens is 2. The quantitative estimate of drug-likeness (QED) is 0.643. The molecule has 0 radical (unpaired) electrons. The number of carbonyl (C=O) groups excluding carboxylic acids is 1. The lowest BCUT2D eigenvalue weighted by Crippen LogP contribution is -2.09. The van der Waals surface area contributed by atoms with Crippen LogP contribution in [0, 0.1) is 21.7 Å². The zero-order valence-electron chi connectivity index (χ0n) is 8.87. The number of hydrogen-bond donors (Lipinski definition) is 1. The molecule has 0 unspecified atom stereocenters. The zero-order chi connectivity index (χ0) is 13.2. The van der Waals surface area contributed by atoms with Crippen molar-refractivity contribution < 1.29 is 23.6 Å². The summed E-state index contributed by atoms with van der Waals surface area (Å²) < 4.78 is 27.0. The first-order valence-electron chi connectivity index (χ1n) is 4.63. The van der Waals surface area contributed by atoms with Gasteiger partial charge < -0.3 is 5.11 Å². The van der Waals surface area contributed by atoms with Crippen LogP contribution in [0.5, 0.6) is 0 Å². The summed E-state index contributed by atoms with van der Waals surface area (Å²) >= 11 is 0. The summed E-state index contributed by atoms with van der Waals surface area (Å²) in [6, 6.07) is 0.553. The second kappa shape index (κ2) is 4.96. The van der Waals surface area contributed by atoms with Gasteiger partial charge in [0.2, 0.25) is 5.82 Å². The van der Waals surface area contributed by atoms with E-state index in [0.717, 1.165) is 6.92 Å². The fraction of sp³-hybridized carbons (Fsp3) is 0.300. The molecule has 1 N–H and O–H groups in total. The summed E-state index contributed by atoms with van der Waals surface area (Å²) in [5.74, 6) is -2.92. The number of Topliss-reactive ketones (excluding diaryl/α,β-unsaturated/α-hetero) is 1. The Kier molecular flexibility index (Phi) is 3.84. The molecule has 0 saturated carbocycles. The van der Waals surface area contributed by atoms with Crippen LogP contribution in [-0.2, 0) is 17.8 Å². The molecule has 0 bridgehead atoms. The van der Waals surface area contributed by atoms with Crippen molar-refractivity contribution in [2.75, 3.05) is 0 Å². The van der Waals surface area contributed by atoms with Crippen LogP contribution in [0.15, 0.2) is 6.07 Å². The van der Waals surface area contributed by atoms with Gasteiger partial charge in [0.25, 0.3) is 0 Å². The number of nitro benzene ring substituents is 1. The van der Waals surface area contributed by atoms with E-state index in [2.05, 4.69) is 0 Å². The van der Waals surface area contributed by atoms with Crippen LogP contribution in [0.2, 0.25) is 0 Å². The SMILES string of the molecule is CC(=O)Cc1c(F)c(CO)cc(F)c1[N+](=O)[O-]. The maximum atomic E-state index is 13.7. The Balaban J connectivity index is 3.53. The maximum Gasteiger partial charge on any atom is 0.311 e. The number of aliphatic hydroxyl groups excluding tert-OH is 1. The largest absolute Gasteiger partial charge is 0.392 e. The monoisotopic (exact) mass is 245 g/mol. The molecule has 0 aliphatic heterocycles. The van der Waals surface area contributed by atoms with E-state index in [1.165, 1.54) is 0 Å². The smallest absolute Gasteiger partial charge is 0.311 e. The second-order valence-corrected chi connectivity index (χ2v) is 3.45. The van der Waals surface area contributed by atoms with Gasteiger partial charge in [0, 0.05) is 12.0 Å². The zero-order valence-corrected chi connectivity index (χ0v) is 8.87. The predicted molar refractivity (Wildman–Crippen MR) is 53.3 cm³/mol. The Hall–Kier alpha value is -1.89. The van der Waals surface area contributed by atoms with Crippen molar-refractivity contribution in [2.24, 2.45) is 0 Å². The van der Waals surface area contributed by atoms with Crippen molar-refractivity contribution in [1.29, 1.82) is 0 Å². The molecular formula is C10H9F2NO4. The van der Waals surface area contributed by atoms with Crippen LogP contribution in [0.1, 0.15) is 18.1 Å². The molecule has 0 fully saturated rings. The van der Waals surface area contributed by atoms with Crippen LogP contribution in [0.4, 0.5) is 14.5 Å². The number of nitrogens with zero attached hydrogens (tertiary/aromatic N) is 1. The van der Waals surface area contributed by atoms with E-state index in [4.69, 9.17) is 5.11 Å². The number of hydrogen-bond acceptors (Lipinski definition) is 4. The molecule has 92 valence electrons. The first kappa shape index (κ1) is 13.2. The van der Waals surface area contributed by atoms with Gasteiger partial charge in [-0.15, -0.1) is 0 Å². The number of carbonyl (C=O) groups is 1. The van der Waals surface area contributed by atoms with Crippen LogP contribution >= 0.6 is 0 Å². The topological polar surface area (TPSA) is 80.4 Å². The van der Waals surface area contributed by atoms with Crippen molar-refractivity contribution >= 4 is 11.5 Å². The van der Waals surface area contributed by atoms with Gasteiger partial charge in [0.05, 0.1) is 17.1 Å². The lowest BCUT2D eigenvalue weighted by molar-refractivity contribution is -0.388. The highest BCUT2D eigenvalue weighted by Crippen LogP contribution is 2.28. The Bertz CT molecular complexity index is 488. The molecule has 0 aliphatic carbocycles. The fourth-order valence-electron chi connectivity index (χ4n) is 1.45. The van der Waals surface area contributed by atoms with Gasteiger partial charge in [-0.25, -0.2) is 4.39 Å². The van der Waals surface area contributed by atoms with Crippen LogP contribution in [0.25, 0.3) is 0 Å². The Morgan fingerprint density at radius 1 is 1.53 bits per heavy atom. The number of benzene rings is 1. The van der Waals surface area contributed by atoms with E-state index >= 15 is 0 Å². The van der Waals surface area contributed by atoms with Crippen molar-refractivity contribution in [3.05, 3.63) is 38.9 Å². The highest BCUT2D eigenvalue weighted by Gasteiger charge is 2.27. The summed E-state index contributed by atoms with van der Waals surface area (Å²) in [4.78, 5) is 20.4. The number of aliphatic hydroxyl groups is 1. The molecule has 0 aliphatic rings. The summed E-state index contributed by atoms with van der Waals surface area (Å²) in [7, 11) is 0. The molecule has 0 atom stereocenters. The van der Waals surface area contributed by atoms with Crippen LogP contribution in [-0.4, -0.2) is 15.8 Å². The van der Waals surface area contributed by atoms with Gasteiger partial charge in [-0.3, -0.25) is 14.9 Å². The average Bonchev–Trinajstić information content (AvgIpc) is 2.21. The van der Waals surface area contributed by atoms with Crippen molar-refractivity contribution in [2.45, 2.75) is 20.0 Å². The molecule has 1 aromatic rings. The molecular weight excluding hydrogens is 236 g/mol. The Morgan fingerprint density at radius 2 is 2.12 bits per heavy atom. The van der Waals surface area contributed by atoms with Gasteiger partial charge in [0.15, 0.2) is 0 Å². The van der Waals surface area contributed by atoms with Gasteiger partial charge >= 0.3 is 5.69 Å². The van der Waals surface area contributed by atoms with Crippen molar-refractivity contribution in [3.63, 3.8) is 0 Å². The maximum absolute atomic E-state index is 13.7. The van der Waals surface area contributed by atoms with Crippen molar-refractivity contribution in [3.8, 4) is 0 Å². The van der Waals surface area contributed by atoms with Crippen molar-refractivity contribution in [1.82, 2.24) is 0 Å². The van der Waals surface area contributed by atoms with E-state index in [9.17, 15) is 23.7 Å². The minimum atomic E-state index is -1.27. The molecule has 0 spiro atoms. The number of rotatable bonds is 4. The second-order valence-electron chi connectivity index (χ2n) is 3.45. The minimum absolute atomic E-state index is 0.413. The highest BCUT2D eigenvalue weighted by atomic mass is 19.1. The summed E-state index contributed by atoms with van der Waals surface area (Å²) in [6.45, 7) is 0.304. The number of ketones is 1. The molecule has 1 rings (SSSR count). The van der Waals surface area contributed by atoms with Gasteiger partial charge in [-0.05, 0) is 13.0 Å². The van der Waals surface area contributed by atoms with E-state index in [0.29, 0.717) is 6.07 Å². The van der Waals surface area contributed by atoms with Gasteiger partial charge in [0.1, 0.15) is 11.6 Å². The fourth-order valence-corrected chi connectivity index (χ4v) is 1.45. The van der Waals surface area contributed by atoms with Crippen LogP contribution in [0.3, 0.4) is 0 Å². The normalized spacial score (nSPS) is 10.4. The lowest BCUT2D eigenvalue weighted by atomic mass is 10.0. The third-order valence-corrected chi connectivity index (χ3v) is 2.14. The molecule has 0 saturated heterocycles. The minimum Gasteiger partial charge on any atom is -0.392 e. The molecule has 7 heteroatoms. The predicted octanol–water partition coefficient (Wildman–Crippen LogP) is 1.50. The molecule has 17 heavy (non-hydrogen) atoms. The molecule has 1 aromatic carbocycles. The lowest BCUT2D eigenvalue weighted by Gasteiger charge is -2.07. The number of nitro groups is 1. The van der Waals surface area contributed by atoms with E-state index < -0.39 is 52.2 Å². The highest BCUT2D eigenvalue weighted by molar-refractivity contribution is 5.79. The summed E-state index contributed by atoms with van der Waals surface area (Å²) in [6.07, 6.45) is -0.590. The standard InChI is InChI=1S/C10H9F2NO4/c1-5(15)2-7-9(12)6(4-14)3-8(11)10(7)13(16)17/h3,14H,2,4H2,1H3. The third-order valence-electron chi connectivity index (χ3n) is 2.14.